The van der Waals surface area contributed by atoms with Gasteiger partial charge in [0, 0.05) is 12.6 Å². The molecule has 19 heavy (non-hydrogen) atoms. The lowest BCUT2D eigenvalue weighted by Gasteiger charge is -2.31. The van der Waals surface area contributed by atoms with E-state index in [0.29, 0.717) is 15.6 Å². The number of thiocarbonyl (C=S) groups is 1. The summed E-state index contributed by atoms with van der Waals surface area (Å²) in [7, 11) is -2.30. The number of rotatable bonds is 2. The number of thioether (sulfide) groups is 1. The zero-order chi connectivity index (χ0) is 14.4. The standard InChI is InChI=1S/C10H11ClN2O3S3/c1-13-9(17)18-5-10(13,14)6-2-3-7(11)8(4-6)19(12,15)16/h2-4,14H,5H2,1H3,(H2,12,15,16). The Hall–Kier alpha value is -0.380. The molecule has 9 heteroatoms. The van der Waals surface area contributed by atoms with Crippen LogP contribution in [-0.2, 0) is 15.7 Å². The van der Waals surface area contributed by atoms with Gasteiger partial charge in [0.15, 0.2) is 5.72 Å². The van der Waals surface area contributed by atoms with Crippen LogP contribution < -0.4 is 5.14 Å². The number of hydrogen-bond donors (Lipinski definition) is 2. The lowest BCUT2D eigenvalue weighted by Crippen LogP contribution is -2.41. The molecule has 0 amide bonds. The summed E-state index contributed by atoms with van der Waals surface area (Å²) in [6, 6.07) is 4.24. The SMILES string of the molecule is CN1C(=S)SCC1(O)c1ccc(Cl)c(S(N)(=O)=O)c1. The highest BCUT2D eigenvalue weighted by Gasteiger charge is 2.42. The summed E-state index contributed by atoms with van der Waals surface area (Å²) in [5.41, 5.74) is -0.970. The van der Waals surface area contributed by atoms with Crippen molar-refractivity contribution in [1.29, 1.82) is 0 Å². The van der Waals surface area contributed by atoms with Gasteiger partial charge in [-0.25, -0.2) is 13.6 Å². The van der Waals surface area contributed by atoms with E-state index in [0.717, 1.165) is 0 Å². The predicted molar refractivity (Wildman–Crippen MR) is 79.5 cm³/mol. The maximum Gasteiger partial charge on any atom is 0.239 e. The first-order chi connectivity index (χ1) is 8.66. The molecule has 0 saturated carbocycles. The molecule has 0 bridgehead atoms. The second kappa shape index (κ2) is 4.87. The quantitative estimate of drug-likeness (QED) is 0.786. The summed E-state index contributed by atoms with van der Waals surface area (Å²) < 4.78 is 23.4. The van der Waals surface area contributed by atoms with Crippen LogP contribution in [0.3, 0.4) is 0 Å². The average molecular weight is 339 g/mol. The maximum absolute atomic E-state index is 11.4. The van der Waals surface area contributed by atoms with Gasteiger partial charge in [-0.3, -0.25) is 0 Å². The average Bonchev–Trinajstić information content (AvgIpc) is 2.57. The van der Waals surface area contributed by atoms with Crippen molar-refractivity contribution in [2.75, 3.05) is 12.8 Å². The van der Waals surface area contributed by atoms with Gasteiger partial charge in [-0.1, -0.05) is 41.6 Å². The minimum absolute atomic E-state index is 0.0192. The van der Waals surface area contributed by atoms with E-state index in [1.54, 1.807) is 13.1 Å². The normalized spacial score (nSPS) is 24.0. The van der Waals surface area contributed by atoms with Crippen molar-refractivity contribution in [3.05, 3.63) is 28.8 Å². The van der Waals surface area contributed by atoms with E-state index in [9.17, 15) is 13.5 Å². The predicted octanol–water partition coefficient (Wildman–Crippen LogP) is 1.10. The zero-order valence-electron chi connectivity index (χ0n) is 9.83. The first-order valence-corrected chi connectivity index (χ1v) is 8.44. The van der Waals surface area contributed by atoms with Gasteiger partial charge < -0.3 is 10.0 Å². The monoisotopic (exact) mass is 338 g/mol. The molecular formula is C10H11ClN2O3S3. The van der Waals surface area contributed by atoms with Crippen molar-refractivity contribution in [1.82, 2.24) is 4.90 Å². The highest BCUT2D eigenvalue weighted by atomic mass is 35.5. The summed E-state index contributed by atoms with van der Waals surface area (Å²) in [4.78, 5) is 1.31. The van der Waals surface area contributed by atoms with E-state index in [2.05, 4.69) is 0 Å². The van der Waals surface area contributed by atoms with Crippen molar-refractivity contribution in [3.8, 4) is 0 Å². The molecule has 1 aromatic rings. The van der Waals surface area contributed by atoms with Crippen molar-refractivity contribution >= 4 is 49.9 Å². The fraction of sp³-hybridized carbons (Fsp3) is 0.300. The highest BCUT2D eigenvalue weighted by molar-refractivity contribution is 8.23. The Balaban J connectivity index is 2.57. The molecule has 104 valence electrons. The Kier molecular flexibility index (Phi) is 3.85. The summed E-state index contributed by atoms with van der Waals surface area (Å²) >= 11 is 12.2. The van der Waals surface area contributed by atoms with Crippen LogP contribution in [0.1, 0.15) is 5.56 Å². The molecule has 1 unspecified atom stereocenters. The van der Waals surface area contributed by atoms with E-state index < -0.39 is 15.7 Å². The second-order valence-corrected chi connectivity index (χ2v) is 7.67. The topological polar surface area (TPSA) is 83.6 Å². The Morgan fingerprint density at radius 2 is 2.21 bits per heavy atom. The molecule has 5 nitrogen and oxygen atoms in total. The van der Waals surface area contributed by atoms with Crippen LogP contribution in [0.4, 0.5) is 0 Å². The molecule has 1 heterocycles. The van der Waals surface area contributed by atoms with Crippen LogP contribution >= 0.6 is 35.6 Å². The van der Waals surface area contributed by atoms with Crippen molar-refractivity contribution in [2.24, 2.45) is 5.14 Å². The van der Waals surface area contributed by atoms with Gasteiger partial charge in [0.05, 0.1) is 10.8 Å². The van der Waals surface area contributed by atoms with Crippen molar-refractivity contribution < 1.29 is 13.5 Å². The molecule has 1 fully saturated rings. The first-order valence-electron chi connectivity index (χ1n) is 5.12. The minimum Gasteiger partial charge on any atom is -0.366 e. The van der Waals surface area contributed by atoms with Crippen LogP contribution in [0.2, 0.25) is 5.02 Å². The molecule has 2 rings (SSSR count). The lowest BCUT2D eigenvalue weighted by atomic mass is 10.0. The maximum atomic E-state index is 11.4. The molecule has 1 aromatic carbocycles. The van der Waals surface area contributed by atoms with Crippen LogP contribution in [0.25, 0.3) is 0 Å². The van der Waals surface area contributed by atoms with Crippen molar-refractivity contribution in [3.63, 3.8) is 0 Å². The molecule has 3 N–H and O–H groups in total. The fourth-order valence-corrected chi connectivity index (χ4v) is 4.18. The molecule has 1 atom stereocenters. The van der Waals surface area contributed by atoms with E-state index in [1.807, 2.05) is 0 Å². The molecule has 0 radical (unpaired) electrons. The second-order valence-electron chi connectivity index (χ2n) is 4.12. The molecule has 1 aliphatic heterocycles. The van der Waals surface area contributed by atoms with Gasteiger partial charge in [-0.05, 0) is 12.1 Å². The Morgan fingerprint density at radius 3 is 2.68 bits per heavy atom. The van der Waals surface area contributed by atoms with Gasteiger partial charge >= 0.3 is 0 Å². The van der Waals surface area contributed by atoms with Gasteiger partial charge in [0.2, 0.25) is 10.0 Å². The molecule has 0 aliphatic carbocycles. The third-order valence-corrected chi connectivity index (χ3v) is 6.01. The Labute approximate surface area is 125 Å². The number of primary sulfonamides is 1. The van der Waals surface area contributed by atoms with E-state index in [1.165, 1.54) is 28.8 Å². The van der Waals surface area contributed by atoms with Crippen LogP contribution in [0.5, 0.6) is 0 Å². The van der Waals surface area contributed by atoms with Gasteiger partial charge in [-0.15, -0.1) is 0 Å². The number of aliphatic hydroxyl groups is 1. The van der Waals surface area contributed by atoms with E-state index >= 15 is 0 Å². The van der Waals surface area contributed by atoms with Crippen LogP contribution in [0.15, 0.2) is 23.1 Å². The van der Waals surface area contributed by atoms with Gasteiger partial charge in [-0.2, -0.15) is 0 Å². The molecular weight excluding hydrogens is 328 g/mol. The summed E-state index contributed by atoms with van der Waals surface area (Å²) in [5.74, 6) is 0.314. The minimum atomic E-state index is -3.94. The number of nitrogens with two attached hydrogens (primary N) is 1. The Morgan fingerprint density at radius 1 is 1.58 bits per heavy atom. The number of hydrogen-bond acceptors (Lipinski definition) is 5. The zero-order valence-corrected chi connectivity index (χ0v) is 13.0. The summed E-state index contributed by atoms with van der Waals surface area (Å²) in [5, 5.41) is 15.7. The van der Waals surface area contributed by atoms with E-state index in [-0.39, 0.29) is 9.92 Å². The lowest BCUT2D eigenvalue weighted by molar-refractivity contribution is -0.0338. The molecule has 0 spiro atoms. The highest BCUT2D eigenvalue weighted by Crippen LogP contribution is 2.39. The van der Waals surface area contributed by atoms with Crippen molar-refractivity contribution in [2.45, 2.75) is 10.6 Å². The number of benzene rings is 1. The molecule has 1 saturated heterocycles. The van der Waals surface area contributed by atoms with Gasteiger partial charge in [0.25, 0.3) is 0 Å². The third kappa shape index (κ3) is 2.61. The smallest absolute Gasteiger partial charge is 0.239 e. The fourth-order valence-electron chi connectivity index (χ4n) is 1.75. The van der Waals surface area contributed by atoms with E-state index in [4.69, 9.17) is 29.0 Å². The first kappa shape index (κ1) is 15.0. The number of nitrogens with zero attached hydrogens (tertiary/aromatic N) is 1. The Bertz CT molecular complexity index is 649. The molecule has 0 aromatic heterocycles. The number of halogens is 1. The third-order valence-electron chi connectivity index (χ3n) is 2.93. The summed E-state index contributed by atoms with van der Waals surface area (Å²) in [6.45, 7) is 0. The van der Waals surface area contributed by atoms with Crippen LogP contribution in [-0.4, -0.2) is 35.5 Å². The number of sulfonamides is 1. The van der Waals surface area contributed by atoms with Gasteiger partial charge in [0.1, 0.15) is 9.22 Å². The molecule has 1 aliphatic rings. The van der Waals surface area contributed by atoms with Crippen LogP contribution in [0, 0.1) is 0 Å². The summed E-state index contributed by atoms with van der Waals surface area (Å²) in [6.07, 6.45) is 0. The largest absolute Gasteiger partial charge is 0.366 e.